The van der Waals surface area contributed by atoms with Gasteiger partial charge >= 0.3 is 0 Å². The van der Waals surface area contributed by atoms with E-state index in [4.69, 9.17) is 10.5 Å². The van der Waals surface area contributed by atoms with Crippen LogP contribution in [0.15, 0.2) is 91.3 Å². The third-order valence-electron chi connectivity index (χ3n) is 5.15. The van der Waals surface area contributed by atoms with Crippen LogP contribution in [-0.2, 0) is 10.4 Å². The molecule has 0 radical (unpaired) electrons. The van der Waals surface area contributed by atoms with E-state index >= 15 is 0 Å². The molecule has 0 aliphatic carbocycles. The van der Waals surface area contributed by atoms with Gasteiger partial charge in [-0.05, 0) is 35.4 Å². The number of rotatable bonds is 7. The number of para-hydroxylation sites is 1. The molecule has 1 heterocycles. The maximum Gasteiger partial charge on any atom is 0.258 e. The van der Waals surface area contributed by atoms with Crippen LogP contribution in [0.25, 0.3) is 11.3 Å². The van der Waals surface area contributed by atoms with Crippen molar-refractivity contribution in [3.05, 3.63) is 102 Å². The fraction of sp³-hybridized carbons (Fsp3) is 0.0800. The van der Waals surface area contributed by atoms with E-state index in [1.807, 2.05) is 24.3 Å². The number of hydrogen-bond donors (Lipinski definition) is 3. The van der Waals surface area contributed by atoms with Gasteiger partial charge in [-0.3, -0.25) is 4.79 Å². The lowest BCUT2D eigenvalue weighted by Crippen LogP contribution is -2.42. The molecule has 4 N–H and O–H groups in total. The molecule has 4 aromatic rings. The first-order chi connectivity index (χ1) is 15.5. The highest BCUT2D eigenvalue weighted by atomic mass is 16.5. The molecular formula is C25H22N4O3. The second-order valence-corrected chi connectivity index (χ2v) is 7.14. The van der Waals surface area contributed by atoms with Gasteiger partial charge in [0.2, 0.25) is 0 Å². The molecule has 7 nitrogen and oxygen atoms in total. The van der Waals surface area contributed by atoms with Gasteiger partial charge < -0.3 is 20.9 Å². The third-order valence-corrected chi connectivity index (χ3v) is 5.15. The molecule has 1 amide bonds. The van der Waals surface area contributed by atoms with Crippen molar-refractivity contribution in [2.75, 3.05) is 12.4 Å². The van der Waals surface area contributed by atoms with Crippen LogP contribution in [0.4, 0.5) is 11.5 Å². The normalized spacial score (nSPS) is 12.6. The summed E-state index contributed by atoms with van der Waals surface area (Å²) in [6.45, 7) is 0. The zero-order valence-corrected chi connectivity index (χ0v) is 17.4. The average Bonchev–Trinajstić information content (AvgIpc) is 2.84. The van der Waals surface area contributed by atoms with Crippen molar-refractivity contribution < 1.29 is 14.6 Å². The summed E-state index contributed by atoms with van der Waals surface area (Å²) in [6, 6.07) is 24.8. The molecule has 7 heteroatoms. The first-order valence-electron chi connectivity index (χ1n) is 9.93. The predicted octanol–water partition coefficient (Wildman–Crippen LogP) is 3.62. The van der Waals surface area contributed by atoms with Gasteiger partial charge in [0.1, 0.15) is 17.9 Å². The Kier molecular flexibility index (Phi) is 5.83. The smallest absolute Gasteiger partial charge is 0.258 e. The summed E-state index contributed by atoms with van der Waals surface area (Å²) in [4.78, 5) is 20.9. The Bertz CT molecular complexity index is 1250. The van der Waals surface area contributed by atoms with Gasteiger partial charge in [0.05, 0.1) is 12.8 Å². The third kappa shape index (κ3) is 4.01. The fourth-order valence-corrected chi connectivity index (χ4v) is 3.53. The van der Waals surface area contributed by atoms with E-state index in [2.05, 4.69) is 15.3 Å². The molecule has 32 heavy (non-hydrogen) atoms. The van der Waals surface area contributed by atoms with Crippen molar-refractivity contribution in [1.29, 1.82) is 0 Å². The molecule has 0 aliphatic heterocycles. The Morgan fingerprint density at radius 3 is 2.41 bits per heavy atom. The second kappa shape index (κ2) is 8.87. The fourth-order valence-electron chi connectivity index (χ4n) is 3.53. The zero-order chi connectivity index (χ0) is 22.6. The highest BCUT2D eigenvalue weighted by Gasteiger charge is 2.38. The summed E-state index contributed by atoms with van der Waals surface area (Å²) in [5.74, 6) is 0.384. The average molecular weight is 426 g/mol. The molecule has 1 atom stereocenters. The molecule has 1 aromatic heterocycles. The lowest BCUT2D eigenvalue weighted by atomic mass is 9.85. The lowest BCUT2D eigenvalue weighted by Gasteiger charge is -2.26. The number of nitrogens with one attached hydrogen (secondary N) is 1. The number of amides is 1. The molecule has 0 saturated carbocycles. The van der Waals surface area contributed by atoms with E-state index in [1.165, 1.54) is 6.33 Å². The molecule has 0 spiro atoms. The van der Waals surface area contributed by atoms with Gasteiger partial charge in [-0.1, -0.05) is 54.6 Å². The van der Waals surface area contributed by atoms with Crippen molar-refractivity contribution in [3.8, 4) is 17.0 Å². The molecule has 1 unspecified atom stereocenters. The highest BCUT2D eigenvalue weighted by Crippen LogP contribution is 2.32. The second-order valence-electron chi connectivity index (χ2n) is 7.14. The van der Waals surface area contributed by atoms with Crippen molar-refractivity contribution in [1.82, 2.24) is 9.97 Å². The van der Waals surface area contributed by atoms with Crippen LogP contribution in [0.2, 0.25) is 0 Å². The van der Waals surface area contributed by atoms with Crippen LogP contribution in [0.5, 0.6) is 5.75 Å². The predicted molar refractivity (Wildman–Crippen MR) is 122 cm³/mol. The molecule has 0 fully saturated rings. The minimum Gasteiger partial charge on any atom is -0.496 e. The van der Waals surface area contributed by atoms with Gasteiger partial charge in [0.25, 0.3) is 5.91 Å². The van der Waals surface area contributed by atoms with Gasteiger partial charge in [-0.2, -0.15) is 0 Å². The number of aromatic nitrogens is 2. The van der Waals surface area contributed by atoms with Crippen LogP contribution in [0.3, 0.4) is 0 Å². The van der Waals surface area contributed by atoms with Crippen LogP contribution < -0.4 is 15.8 Å². The Morgan fingerprint density at radius 2 is 1.66 bits per heavy atom. The topological polar surface area (TPSA) is 110 Å². The number of primary amides is 1. The zero-order valence-electron chi connectivity index (χ0n) is 17.4. The summed E-state index contributed by atoms with van der Waals surface area (Å²) in [5.41, 5.74) is 6.53. The molecule has 160 valence electrons. The molecule has 0 saturated heterocycles. The van der Waals surface area contributed by atoms with E-state index in [0.717, 1.165) is 5.56 Å². The summed E-state index contributed by atoms with van der Waals surface area (Å²) in [5, 5.41) is 14.4. The van der Waals surface area contributed by atoms with Crippen LogP contribution in [0.1, 0.15) is 11.1 Å². The molecular weight excluding hydrogens is 404 g/mol. The highest BCUT2D eigenvalue weighted by molar-refractivity contribution is 5.89. The van der Waals surface area contributed by atoms with Crippen LogP contribution in [-0.4, -0.2) is 28.1 Å². The molecule has 0 bridgehead atoms. The molecule has 4 rings (SSSR count). The monoisotopic (exact) mass is 426 g/mol. The number of methoxy groups -OCH3 is 1. The molecule has 0 aliphatic rings. The van der Waals surface area contributed by atoms with Gasteiger partial charge in [0, 0.05) is 17.3 Å². The van der Waals surface area contributed by atoms with Crippen molar-refractivity contribution in [2.45, 2.75) is 5.60 Å². The minimum atomic E-state index is -1.97. The largest absolute Gasteiger partial charge is 0.496 e. The Hall–Kier alpha value is -4.23. The maximum absolute atomic E-state index is 12.3. The van der Waals surface area contributed by atoms with Crippen LogP contribution in [0, 0.1) is 0 Å². The first-order valence-corrected chi connectivity index (χ1v) is 9.93. The SMILES string of the molecule is COc1ccccc1-c1cc(Nc2cccc(C(O)(C(N)=O)c3ccccc3)c2)ncn1. The van der Waals surface area contributed by atoms with Crippen molar-refractivity contribution in [2.24, 2.45) is 5.73 Å². The maximum atomic E-state index is 12.3. The summed E-state index contributed by atoms with van der Waals surface area (Å²) in [6.07, 6.45) is 1.46. The number of anilines is 2. The Morgan fingerprint density at radius 1 is 0.938 bits per heavy atom. The van der Waals surface area contributed by atoms with E-state index in [1.54, 1.807) is 67.8 Å². The van der Waals surface area contributed by atoms with Crippen molar-refractivity contribution >= 4 is 17.4 Å². The Balaban J connectivity index is 1.68. The summed E-state index contributed by atoms with van der Waals surface area (Å²) in [7, 11) is 1.61. The Labute approximate surface area is 185 Å². The number of nitrogens with two attached hydrogens (primary N) is 1. The lowest BCUT2D eigenvalue weighted by molar-refractivity contribution is -0.133. The quantitative estimate of drug-likeness (QED) is 0.416. The number of carbonyl (C=O) groups is 1. The summed E-state index contributed by atoms with van der Waals surface area (Å²) >= 11 is 0. The van der Waals surface area contributed by atoms with Gasteiger partial charge in [0.15, 0.2) is 5.60 Å². The van der Waals surface area contributed by atoms with E-state index < -0.39 is 11.5 Å². The van der Waals surface area contributed by atoms with E-state index in [9.17, 15) is 9.90 Å². The number of ether oxygens (including phenoxy) is 1. The summed E-state index contributed by atoms with van der Waals surface area (Å²) < 4.78 is 5.42. The number of benzene rings is 3. The van der Waals surface area contributed by atoms with Crippen molar-refractivity contribution in [3.63, 3.8) is 0 Å². The number of carbonyl (C=O) groups excluding carboxylic acids is 1. The first kappa shape index (κ1) is 21.0. The number of aliphatic hydroxyl groups is 1. The number of nitrogens with zero attached hydrogens (tertiary/aromatic N) is 2. The van der Waals surface area contributed by atoms with Gasteiger partial charge in [-0.25, -0.2) is 9.97 Å². The minimum absolute atomic E-state index is 0.347. The molecule has 3 aromatic carbocycles. The number of hydrogen-bond acceptors (Lipinski definition) is 6. The van der Waals surface area contributed by atoms with E-state index in [-0.39, 0.29) is 0 Å². The standard InChI is InChI=1S/C25H22N4O3/c1-32-22-13-6-5-12-20(22)21-15-23(28-16-27-21)29-19-11-7-10-18(14-19)25(31,24(26)30)17-8-3-2-4-9-17/h2-16,31H,1H3,(H2,26,30)(H,27,28,29). The van der Waals surface area contributed by atoms with Gasteiger partial charge in [-0.15, -0.1) is 0 Å². The van der Waals surface area contributed by atoms with E-state index in [0.29, 0.717) is 34.1 Å². The van der Waals surface area contributed by atoms with Crippen LogP contribution >= 0.6 is 0 Å².